The fourth-order valence-electron chi connectivity index (χ4n) is 3.45. The number of carbonyl (C=O) groups excluding carboxylic acids is 3. The average Bonchev–Trinajstić information content (AvgIpc) is 3.34. The average molecular weight is 436 g/mol. The van der Waals surface area contributed by atoms with E-state index in [2.05, 4.69) is 20.4 Å². The van der Waals surface area contributed by atoms with Crippen LogP contribution in [0.15, 0.2) is 48.5 Å². The van der Waals surface area contributed by atoms with Gasteiger partial charge in [0.1, 0.15) is 0 Å². The Labute approximate surface area is 183 Å². The molecule has 2 aromatic carbocycles. The number of hydrogen-bond acceptors (Lipinski definition) is 6. The van der Waals surface area contributed by atoms with Crippen LogP contribution in [0.1, 0.15) is 49.2 Å². The van der Waals surface area contributed by atoms with Crippen LogP contribution in [0.5, 0.6) is 0 Å². The van der Waals surface area contributed by atoms with Gasteiger partial charge in [-0.05, 0) is 56.2 Å². The van der Waals surface area contributed by atoms with E-state index in [0.29, 0.717) is 34.1 Å². The summed E-state index contributed by atoms with van der Waals surface area (Å²) in [6.45, 7) is 1.96. The highest BCUT2D eigenvalue weighted by atomic mass is 32.1. The van der Waals surface area contributed by atoms with Crippen molar-refractivity contribution < 1.29 is 19.1 Å². The summed E-state index contributed by atoms with van der Waals surface area (Å²) >= 11 is 1.41. The lowest BCUT2D eigenvalue weighted by Gasteiger charge is -2.11. The number of fused-ring (bicyclic) bond motifs is 1. The van der Waals surface area contributed by atoms with Crippen molar-refractivity contribution in [2.24, 2.45) is 0 Å². The molecular weight excluding hydrogens is 414 g/mol. The monoisotopic (exact) mass is 435 g/mol. The lowest BCUT2D eigenvalue weighted by atomic mass is 10.1. The molecule has 4 rings (SSSR count). The summed E-state index contributed by atoms with van der Waals surface area (Å²) in [5.41, 5.74) is 3.36. The van der Waals surface area contributed by atoms with Crippen LogP contribution in [0, 0.1) is 6.92 Å². The van der Waals surface area contributed by atoms with E-state index in [4.69, 9.17) is 0 Å². The van der Waals surface area contributed by atoms with Crippen LogP contribution in [0.25, 0.3) is 0 Å². The summed E-state index contributed by atoms with van der Waals surface area (Å²) in [6.07, 6.45) is 1.42. The Balaban J connectivity index is 1.43. The molecule has 2 amide bonds. The van der Waals surface area contributed by atoms with Crippen molar-refractivity contribution in [3.05, 3.63) is 75.8 Å². The number of thiazole rings is 1. The smallest absolute Gasteiger partial charge is 0.337 e. The number of ether oxygens (including phenoxy) is 1. The maximum atomic E-state index is 12.8. The fourth-order valence-corrected chi connectivity index (χ4v) is 4.48. The normalized spacial score (nSPS) is 14.6. The number of amides is 2. The van der Waals surface area contributed by atoms with E-state index in [1.54, 1.807) is 36.4 Å². The third-order valence-electron chi connectivity index (χ3n) is 5.14. The molecule has 1 atom stereocenters. The maximum absolute atomic E-state index is 12.8. The molecule has 2 N–H and O–H groups in total. The summed E-state index contributed by atoms with van der Waals surface area (Å²) in [5, 5.41) is 6.20. The second-order valence-electron chi connectivity index (χ2n) is 7.30. The van der Waals surface area contributed by atoms with Gasteiger partial charge in [-0.3, -0.25) is 14.9 Å². The van der Waals surface area contributed by atoms with Crippen molar-refractivity contribution in [3.63, 3.8) is 0 Å². The number of anilines is 2. The quantitative estimate of drug-likeness (QED) is 0.587. The van der Waals surface area contributed by atoms with Crippen molar-refractivity contribution >= 4 is 39.9 Å². The second kappa shape index (κ2) is 8.69. The van der Waals surface area contributed by atoms with Gasteiger partial charge in [-0.1, -0.05) is 17.7 Å². The Bertz CT molecular complexity index is 1140. The van der Waals surface area contributed by atoms with Crippen molar-refractivity contribution in [1.29, 1.82) is 0 Å². The van der Waals surface area contributed by atoms with Gasteiger partial charge in [0.05, 0.1) is 24.3 Å². The van der Waals surface area contributed by atoms with E-state index in [-0.39, 0.29) is 17.7 Å². The summed E-state index contributed by atoms with van der Waals surface area (Å²) < 4.78 is 4.68. The molecule has 0 fully saturated rings. The Hall–Kier alpha value is -3.52. The van der Waals surface area contributed by atoms with E-state index in [1.165, 1.54) is 18.4 Å². The third kappa shape index (κ3) is 4.49. The van der Waals surface area contributed by atoms with Gasteiger partial charge in [0, 0.05) is 16.1 Å². The van der Waals surface area contributed by atoms with Gasteiger partial charge in [-0.2, -0.15) is 0 Å². The van der Waals surface area contributed by atoms with Crippen LogP contribution in [0.4, 0.5) is 10.8 Å². The van der Waals surface area contributed by atoms with Crippen LogP contribution < -0.4 is 10.6 Å². The molecule has 0 radical (unpaired) electrons. The highest BCUT2D eigenvalue weighted by Gasteiger charge is 2.33. The minimum Gasteiger partial charge on any atom is -0.465 e. The van der Waals surface area contributed by atoms with Gasteiger partial charge >= 0.3 is 5.97 Å². The molecule has 0 aliphatic heterocycles. The number of aryl methyl sites for hydroxylation is 2. The first-order valence-corrected chi connectivity index (χ1v) is 10.6. The molecule has 0 saturated carbocycles. The van der Waals surface area contributed by atoms with E-state index >= 15 is 0 Å². The zero-order valence-electron chi connectivity index (χ0n) is 17.1. The molecule has 0 unspecified atom stereocenters. The number of hydrogen-bond donors (Lipinski definition) is 2. The van der Waals surface area contributed by atoms with Crippen LogP contribution in [0.2, 0.25) is 0 Å². The van der Waals surface area contributed by atoms with Gasteiger partial charge in [-0.25, -0.2) is 9.78 Å². The molecule has 0 bridgehead atoms. The van der Waals surface area contributed by atoms with E-state index in [9.17, 15) is 14.4 Å². The maximum Gasteiger partial charge on any atom is 0.337 e. The molecule has 0 spiro atoms. The van der Waals surface area contributed by atoms with Gasteiger partial charge in [0.15, 0.2) is 5.13 Å². The highest BCUT2D eigenvalue weighted by molar-refractivity contribution is 7.16. The van der Waals surface area contributed by atoms with Gasteiger partial charge in [0.2, 0.25) is 5.91 Å². The number of esters is 1. The molecule has 1 aromatic heterocycles. The van der Waals surface area contributed by atoms with Crippen LogP contribution in [-0.2, 0) is 16.0 Å². The van der Waals surface area contributed by atoms with Crippen molar-refractivity contribution in [2.75, 3.05) is 17.7 Å². The van der Waals surface area contributed by atoms with Crippen LogP contribution >= 0.6 is 11.3 Å². The Morgan fingerprint density at radius 2 is 1.68 bits per heavy atom. The SMILES string of the molecule is COC(=O)c1ccc(NC(=O)[C@@H]2CCc3sc(NC(=O)c4ccc(C)cc4)nc32)cc1. The lowest BCUT2D eigenvalue weighted by molar-refractivity contribution is -0.117. The minimum atomic E-state index is -0.430. The Morgan fingerprint density at radius 1 is 1.00 bits per heavy atom. The molecule has 1 heterocycles. The number of nitrogens with zero attached hydrogens (tertiary/aromatic N) is 1. The zero-order valence-corrected chi connectivity index (χ0v) is 17.9. The van der Waals surface area contributed by atoms with Gasteiger partial charge in [-0.15, -0.1) is 11.3 Å². The highest BCUT2D eigenvalue weighted by Crippen LogP contribution is 2.39. The third-order valence-corrected chi connectivity index (χ3v) is 6.19. The first-order chi connectivity index (χ1) is 14.9. The summed E-state index contributed by atoms with van der Waals surface area (Å²) in [5.74, 6) is -1.19. The summed E-state index contributed by atoms with van der Waals surface area (Å²) in [4.78, 5) is 42.3. The number of rotatable bonds is 5. The van der Waals surface area contributed by atoms with Crippen molar-refractivity contribution in [1.82, 2.24) is 4.98 Å². The number of benzene rings is 2. The second-order valence-corrected chi connectivity index (χ2v) is 8.38. The lowest BCUT2D eigenvalue weighted by Crippen LogP contribution is -2.20. The summed E-state index contributed by atoms with van der Waals surface area (Å²) in [6, 6.07) is 13.8. The molecule has 7 nitrogen and oxygen atoms in total. The summed E-state index contributed by atoms with van der Waals surface area (Å²) in [7, 11) is 1.32. The molecule has 158 valence electrons. The molecule has 0 saturated heterocycles. The van der Waals surface area contributed by atoms with Gasteiger partial charge < -0.3 is 10.1 Å². The van der Waals surface area contributed by atoms with E-state index < -0.39 is 5.97 Å². The topological polar surface area (TPSA) is 97.4 Å². The first kappa shape index (κ1) is 20.7. The van der Waals surface area contributed by atoms with E-state index in [1.807, 2.05) is 19.1 Å². The Kier molecular flexibility index (Phi) is 5.81. The van der Waals surface area contributed by atoms with E-state index in [0.717, 1.165) is 16.9 Å². The number of aromatic nitrogens is 1. The largest absolute Gasteiger partial charge is 0.465 e. The zero-order chi connectivity index (χ0) is 22.0. The molecule has 3 aromatic rings. The predicted octanol–water partition coefficient (Wildman–Crippen LogP) is 4.16. The van der Waals surface area contributed by atoms with Crippen LogP contribution in [-0.4, -0.2) is 29.9 Å². The molecule has 1 aliphatic rings. The number of nitrogens with one attached hydrogen (secondary N) is 2. The molecule has 31 heavy (non-hydrogen) atoms. The van der Waals surface area contributed by atoms with Crippen LogP contribution in [0.3, 0.4) is 0 Å². The minimum absolute atomic E-state index is 0.161. The van der Waals surface area contributed by atoms with Crippen molar-refractivity contribution in [3.8, 4) is 0 Å². The van der Waals surface area contributed by atoms with Crippen molar-refractivity contribution in [2.45, 2.75) is 25.7 Å². The van der Waals surface area contributed by atoms with Gasteiger partial charge in [0.25, 0.3) is 5.91 Å². The molecule has 1 aliphatic carbocycles. The number of carbonyl (C=O) groups is 3. The molecular formula is C23H21N3O4S. The standard InChI is InChI=1S/C23H21N3O4S/c1-13-3-5-14(6-4-13)20(27)26-23-25-19-17(11-12-18(19)31-23)21(28)24-16-9-7-15(8-10-16)22(29)30-2/h3-10,17H,11-12H2,1-2H3,(H,24,28)(H,25,26,27)/t17-/m1/s1. The Morgan fingerprint density at radius 3 is 2.35 bits per heavy atom. The number of methoxy groups -OCH3 is 1. The predicted molar refractivity (Wildman–Crippen MR) is 119 cm³/mol. The fraction of sp³-hybridized carbons (Fsp3) is 0.217. The first-order valence-electron chi connectivity index (χ1n) is 9.81. The molecule has 8 heteroatoms.